The Morgan fingerprint density at radius 2 is 1.90 bits per heavy atom. The summed E-state index contributed by atoms with van der Waals surface area (Å²) in [5, 5.41) is 3.43. The highest BCUT2D eigenvalue weighted by molar-refractivity contribution is 6.32. The first-order chi connectivity index (χ1) is 14.5. The van der Waals surface area contributed by atoms with Crippen molar-refractivity contribution in [2.24, 2.45) is 5.92 Å². The molecule has 2 heterocycles. The van der Waals surface area contributed by atoms with E-state index in [2.05, 4.69) is 10.3 Å². The highest BCUT2D eigenvalue weighted by Gasteiger charge is 2.42. The van der Waals surface area contributed by atoms with Crippen LogP contribution in [0.2, 0.25) is 5.02 Å². The van der Waals surface area contributed by atoms with Crippen LogP contribution in [0.1, 0.15) is 18.0 Å². The summed E-state index contributed by atoms with van der Waals surface area (Å²) >= 11 is 6.12. The van der Waals surface area contributed by atoms with E-state index in [4.69, 9.17) is 16.3 Å². The smallest absolute Gasteiger partial charge is 0.230 e. The largest absolute Gasteiger partial charge is 0.456 e. The molecule has 2 aromatic carbocycles. The molecular formula is C23H20ClN3O3. The lowest BCUT2D eigenvalue weighted by Gasteiger charge is -2.24. The molecule has 1 aliphatic heterocycles. The lowest BCUT2D eigenvalue weighted by Crippen LogP contribution is -2.30. The van der Waals surface area contributed by atoms with E-state index in [1.165, 1.54) is 0 Å². The number of rotatable bonds is 5. The Kier molecular flexibility index (Phi) is 5.68. The van der Waals surface area contributed by atoms with Crippen molar-refractivity contribution in [3.63, 3.8) is 0 Å². The van der Waals surface area contributed by atoms with Gasteiger partial charge in [-0.2, -0.15) is 0 Å². The maximum atomic E-state index is 13.0. The van der Waals surface area contributed by atoms with Crippen LogP contribution in [-0.4, -0.2) is 28.7 Å². The van der Waals surface area contributed by atoms with Crippen molar-refractivity contribution in [2.75, 3.05) is 12.4 Å². The van der Waals surface area contributed by atoms with E-state index in [9.17, 15) is 9.59 Å². The summed E-state index contributed by atoms with van der Waals surface area (Å²) in [5.74, 6) is 0.396. The third kappa shape index (κ3) is 4.14. The number of pyridine rings is 1. The van der Waals surface area contributed by atoms with Crippen molar-refractivity contribution in [3.05, 3.63) is 83.6 Å². The number of aromatic nitrogens is 1. The van der Waals surface area contributed by atoms with Gasteiger partial charge in [0.1, 0.15) is 11.5 Å². The zero-order valence-corrected chi connectivity index (χ0v) is 17.0. The van der Waals surface area contributed by atoms with E-state index in [1.807, 2.05) is 18.2 Å². The van der Waals surface area contributed by atoms with E-state index >= 15 is 0 Å². The predicted molar refractivity (Wildman–Crippen MR) is 114 cm³/mol. The molecule has 7 heteroatoms. The second-order valence-corrected chi connectivity index (χ2v) is 7.50. The van der Waals surface area contributed by atoms with Gasteiger partial charge in [0.2, 0.25) is 11.8 Å². The number of nitrogens with zero attached hydrogens (tertiary/aromatic N) is 2. The molecule has 1 aromatic heterocycles. The number of benzene rings is 2. The fourth-order valence-corrected chi connectivity index (χ4v) is 3.78. The number of carbonyl (C=O) groups is 2. The standard InChI is InChI=1S/C23H20ClN3O3/c1-27-21(28)13-18(22(27)15-5-4-12-25-14-15)23(29)26-16-8-10-17(11-9-16)30-20-7-3-2-6-19(20)24/h2-12,14,18,22H,13H2,1H3,(H,26,29). The van der Waals surface area contributed by atoms with Crippen molar-refractivity contribution in [1.29, 1.82) is 0 Å². The van der Waals surface area contributed by atoms with E-state index in [0.717, 1.165) is 5.56 Å². The van der Waals surface area contributed by atoms with Gasteiger partial charge in [0.25, 0.3) is 0 Å². The summed E-state index contributed by atoms with van der Waals surface area (Å²) in [6, 6.07) is 17.6. The first-order valence-electron chi connectivity index (χ1n) is 9.52. The molecule has 3 aromatic rings. The maximum Gasteiger partial charge on any atom is 0.230 e. The van der Waals surface area contributed by atoms with Crippen molar-refractivity contribution in [2.45, 2.75) is 12.5 Å². The average Bonchev–Trinajstić information content (AvgIpc) is 3.06. The minimum absolute atomic E-state index is 0.0625. The monoisotopic (exact) mass is 421 g/mol. The van der Waals surface area contributed by atoms with Crippen molar-refractivity contribution < 1.29 is 14.3 Å². The third-order valence-corrected chi connectivity index (χ3v) is 5.45. The number of nitrogens with one attached hydrogen (secondary N) is 1. The Morgan fingerprint density at radius 3 is 2.60 bits per heavy atom. The summed E-state index contributed by atoms with van der Waals surface area (Å²) in [4.78, 5) is 31.0. The molecule has 0 saturated carbocycles. The van der Waals surface area contributed by atoms with Crippen LogP contribution in [0.4, 0.5) is 5.69 Å². The van der Waals surface area contributed by atoms with Gasteiger partial charge in [-0.05, 0) is 48.0 Å². The molecule has 1 aliphatic rings. The molecule has 0 spiro atoms. The van der Waals surface area contributed by atoms with E-state index in [-0.39, 0.29) is 24.3 Å². The van der Waals surface area contributed by atoms with Crippen LogP contribution in [0.25, 0.3) is 0 Å². The molecule has 6 nitrogen and oxygen atoms in total. The van der Waals surface area contributed by atoms with Gasteiger partial charge in [0.05, 0.1) is 17.0 Å². The number of ether oxygens (including phenoxy) is 1. The summed E-state index contributed by atoms with van der Waals surface area (Å²) in [5.41, 5.74) is 1.47. The molecule has 152 valence electrons. The van der Waals surface area contributed by atoms with Gasteiger partial charge in [0.15, 0.2) is 0 Å². The van der Waals surface area contributed by atoms with Gasteiger partial charge in [-0.25, -0.2) is 0 Å². The molecule has 2 atom stereocenters. The predicted octanol–water partition coefficient (Wildman–Crippen LogP) is 4.69. The Hall–Kier alpha value is -3.38. The quantitative estimate of drug-likeness (QED) is 0.649. The summed E-state index contributed by atoms with van der Waals surface area (Å²) in [7, 11) is 1.72. The molecule has 2 unspecified atom stereocenters. The number of para-hydroxylation sites is 1. The molecule has 1 saturated heterocycles. The summed E-state index contributed by atoms with van der Waals surface area (Å²) in [6.07, 6.45) is 3.53. The second kappa shape index (κ2) is 8.55. The molecule has 0 aliphatic carbocycles. The molecule has 0 bridgehead atoms. The number of amides is 2. The Labute approximate surface area is 179 Å². The molecule has 0 radical (unpaired) electrons. The topological polar surface area (TPSA) is 71.5 Å². The van der Waals surface area contributed by atoms with Gasteiger partial charge in [-0.3, -0.25) is 14.6 Å². The van der Waals surface area contributed by atoms with Gasteiger partial charge in [-0.1, -0.05) is 29.8 Å². The summed E-state index contributed by atoms with van der Waals surface area (Å²) < 4.78 is 5.77. The lowest BCUT2D eigenvalue weighted by atomic mass is 9.94. The molecular weight excluding hydrogens is 402 g/mol. The lowest BCUT2D eigenvalue weighted by molar-refractivity contribution is -0.127. The van der Waals surface area contributed by atoms with E-state index in [0.29, 0.717) is 22.2 Å². The Bertz CT molecular complexity index is 1060. The van der Waals surface area contributed by atoms with Gasteiger partial charge < -0.3 is 15.0 Å². The van der Waals surface area contributed by atoms with Crippen LogP contribution in [-0.2, 0) is 9.59 Å². The maximum absolute atomic E-state index is 13.0. The van der Waals surface area contributed by atoms with Crippen molar-refractivity contribution >= 4 is 29.1 Å². The van der Waals surface area contributed by atoms with E-state index < -0.39 is 5.92 Å². The number of halogens is 1. The number of anilines is 1. The first-order valence-corrected chi connectivity index (χ1v) is 9.89. The fourth-order valence-electron chi connectivity index (χ4n) is 3.61. The van der Waals surface area contributed by atoms with Gasteiger partial charge >= 0.3 is 0 Å². The highest BCUT2D eigenvalue weighted by atomic mass is 35.5. The van der Waals surface area contributed by atoms with Crippen LogP contribution in [0.3, 0.4) is 0 Å². The number of hydrogen-bond acceptors (Lipinski definition) is 4. The zero-order chi connectivity index (χ0) is 21.1. The molecule has 4 rings (SSSR count). The van der Waals surface area contributed by atoms with Crippen LogP contribution < -0.4 is 10.1 Å². The van der Waals surface area contributed by atoms with Crippen LogP contribution >= 0.6 is 11.6 Å². The number of carbonyl (C=O) groups excluding carboxylic acids is 2. The molecule has 2 amide bonds. The van der Waals surface area contributed by atoms with Crippen LogP contribution in [0.15, 0.2) is 73.1 Å². The third-order valence-electron chi connectivity index (χ3n) is 5.14. The average molecular weight is 422 g/mol. The molecule has 30 heavy (non-hydrogen) atoms. The number of likely N-dealkylation sites (tertiary alicyclic amines) is 1. The van der Waals surface area contributed by atoms with Gasteiger partial charge in [0, 0.05) is 31.5 Å². The first kappa shape index (κ1) is 19.9. The second-order valence-electron chi connectivity index (χ2n) is 7.09. The van der Waals surface area contributed by atoms with Crippen LogP contribution in [0.5, 0.6) is 11.5 Å². The zero-order valence-electron chi connectivity index (χ0n) is 16.3. The van der Waals surface area contributed by atoms with Crippen molar-refractivity contribution in [3.8, 4) is 11.5 Å². The minimum atomic E-state index is -0.495. The SMILES string of the molecule is CN1C(=O)CC(C(=O)Nc2ccc(Oc3ccccc3Cl)cc2)C1c1cccnc1. The van der Waals surface area contributed by atoms with Crippen molar-refractivity contribution in [1.82, 2.24) is 9.88 Å². The minimum Gasteiger partial charge on any atom is -0.456 e. The molecule has 1 fully saturated rings. The highest BCUT2D eigenvalue weighted by Crippen LogP contribution is 2.37. The van der Waals surface area contributed by atoms with Gasteiger partial charge in [-0.15, -0.1) is 0 Å². The fraction of sp³-hybridized carbons (Fsp3) is 0.174. The Balaban J connectivity index is 1.46. The normalized spacial score (nSPS) is 18.3. The van der Waals surface area contributed by atoms with Crippen LogP contribution in [0, 0.1) is 5.92 Å². The van der Waals surface area contributed by atoms with E-state index in [1.54, 1.807) is 66.8 Å². The molecule has 1 N–H and O–H groups in total. The number of hydrogen-bond donors (Lipinski definition) is 1. The Morgan fingerprint density at radius 1 is 1.13 bits per heavy atom. The summed E-state index contributed by atoms with van der Waals surface area (Å²) in [6.45, 7) is 0.